The van der Waals surface area contributed by atoms with Crippen LogP contribution in [-0.2, 0) is 4.74 Å². The fourth-order valence-electron chi connectivity index (χ4n) is 3.30. The van der Waals surface area contributed by atoms with Gasteiger partial charge >= 0.3 is 0 Å². The van der Waals surface area contributed by atoms with Crippen molar-refractivity contribution in [3.63, 3.8) is 0 Å². The van der Waals surface area contributed by atoms with E-state index in [1.165, 1.54) is 0 Å². The van der Waals surface area contributed by atoms with E-state index in [1.807, 2.05) is 61.5 Å². The summed E-state index contributed by atoms with van der Waals surface area (Å²) in [6.07, 6.45) is 2.09. The first-order valence-corrected chi connectivity index (χ1v) is 9.86. The summed E-state index contributed by atoms with van der Waals surface area (Å²) < 4.78 is 5.59. The van der Waals surface area contributed by atoms with Crippen LogP contribution in [-0.4, -0.2) is 35.1 Å². The number of para-hydroxylation sites is 1. The van der Waals surface area contributed by atoms with Crippen molar-refractivity contribution in [2.45, 2.75) is 25.9 Å². The first kappa shape index (κ1) is 19.1. The van der Waals surface area contributed by atoms with E-state index < -0.39 is 0 Å². The van der Waals surface area contributed by atoms with Gasteiger partial charge in [-0.15, -0.1) is 0 Å². The molecule has 29 heavy (non-hydrogen) atoms. The first-order chi connectivity index (χ1) is 14.2. The van der Waals surface area contributed by atoms with Crippen LogP contribution in [0.5, 0.6) is 0 Å². The largest absolute Gasteiger partial charge is 0.376 e. The number of rotatable bonds is 6. The number of anilines is 2. The van der Waals surface area contributed by atoms with Crippen LogP contribution in [0.1, 0.15) is 28.9 Å². The summed E-state index contributed by atoms with van der Waals surface area (Å²) >= 11 is 0. The molecule has 2 aromatic carbocycles. The van der Waals surface area contributed by atoms with Gasteiger partial charge in [0.2, 0.25) is 0 Å². The van der Waals surface area contributed by atoms with E-state index in [4.69, 9.17) is 4.74 Å². The maximum Gasteiger partial charge on any atom is 0.270 e. The standard InChI is InChI=1S/C23H24N4O2/c1-16-8-5-6-12-19(16)25-21-14-20(23(28)24-15-18-11-7-13-29-18)26-22(27-21)17-9-3-2-4-10-17/h2-6,8-10,12,14,18H,7,11,13,15H2,1H3,(H,24,28)(H,25,26,27). The van der Waals surface area contributed by atoms with Crippen LogP contribution in [0.4, 0.5) is 11.5 Å². The lowest BCUT2D eigenvalue weighted by atomic mass is 10.2. The first-order valence-electron chi connectivity index (χ1n) is 9.86. The van der Waals surface area contributed by atoms with Crippen molar-refractivity contribution in [2.24, 2.45) is 0 Å². The van der Waals surface area contributed by atoms with Crippen LogP contribution in [0.15, 0.2) is 60.7 Å². The molecular weight excluding hydrogens is 364 g/mol. The number of amides is 1. The lowest BCUT2D eigenvalue weighted by Crippen LogP contribution is -2.32. The molecule has 0 saturated carbocycles. The summed E-state index contributed by atoms with van der Waals surface area (Å²) in [5, 5.41) is 6.26. The topological polar surface area (TPSA) is 76.1 Å². The van der Waals surface area contributed by atoms with Crippen LogP contribution < -0.4 is 10.6 Å². The zero-order valence-electron chi connectivity index (χ0n) is 16.4. The van der Waals surface area contributed by atoms with Gasteiger partial charge in [0.25, 0.3) is 5.91 Å². The molecule has 1 fully saturated rings. The average molecular weight is 388 g/mol. The third-order valence-electron chi connectivity index (χ3n) is 4.91. The van der Waals surface area contributed by atoms with Gasteiger partial charge in [0.05, 0.1) is 6.10 Å². The Morgan fingerprint density at radius 2 is 1.90 bits per heavy atom. The Kier molecular flexibility index (Phi) is 5.81. The zero-order chi connectivity index (χ0) is 20.1. The predicted octanol–water partition coefficient (Wildman–Crippen LogP) is 4.10. The SMILES string of the molecule is Cc1ccccc1Nc1cc(C(=O)NCC2CCCO2)nc(-c2ccccc2)n1. The van der Waals surface area contributed by atoms with Crippen LogP contribution in [0.2, 0.25) is 0 Å². The van der Waals surface area contributed by atoms with Crippen molar-refractivity contribution >= 4 is 17.4 Å². The van der Waals surface area contributed by atoms with Gasteiger partial charge in [-0.05, 0) is 31.4 Å². The molecule has 1 aliphatic heterocycles. The van der Waals surface area contributed by atoms with E-state index in [1.54, 1.807) is 6.07 Å². The Morgan fingerprint density at radius 3 is 2.66 bits per heavy atom. The monoisotopic (exact) mass is 388 g/mol. The molecule has 0 bridgehead atoms. The highest BCUT2D eigenvalue weighted by atomic mass is 16.5. The Bertz CT molecular complexity index is 985. The number of ether oxygens (including phenoxy) is 1. The Balaban J connectivity index is 1.62. The average Bonchev–Trinajstić information content (AvgIpc) is 3.28. The van der Waals surface area contributed by atoms with E-state index in [2.05, 4.69) is 20.6 Å². The summed E-state index contributed by atoms with van der Waals surface area (Å²) in [7, 11) is 0. The number of carbonyl (C=O) groups is 1. The van der Waals surface area contributed by atoms with E-state index in [0.29, 0.717) is 23.9 Å². The van der Waals surface area contributed by atoms with Gasteiger partial charge in [0.15, 0.2) is 5.82 Å². The van der Waals surface area contributed by atoms with Crippen LogP contribution >= 0.6 is 0 Å². The van der Waals surface area contributed by atoms with Crippen molar-refractivity contribution in [1.82, 2.24) is 15.3 Å². The summed E-state index contributed by atoms with van der Waals surface area (Å²) in [6, 6.07) is 19.3. The second-order valence-corrected chi connectivity index (χ2v) is 7.11. The molecule has 4 rings (SSSR count). The number of aromatic nitrogens is 2. The fraction of sp³-hybridized carbons (Fsp3) is 0.261. The fourth-order valence-corrected chi connectivity index (χ4v) is 3.30. The van der Waals surface area contributed by atoms with Crippen molar-refractivity contribution < 1.29 is 9.53 Å². The maximum absolute atomic E-state index is 12.8. The normalized spacial score (nSPS) is 15.8. The van der Waals surface area contributed by atoms with Gasteiger partial charge in [-0.25, -0.2) is 9.97 Å². The quantitative estimate of drug-likeness (QED) is 0.665. The Morgan fingerprint density at radius 1 is 1.10 bits per heavy atom. The zero-order valence-corrected chi connectivity index (χ0v) is 16.4. The van der Waals surface area contributed by atoms with Crippen LogP contribution in [0.25, 0.3) is 11.4 Å². The van der Waals surface area contributed by atoms with Crippen LogP contribution in [0.3, 0.4) is 0 Å². The van der Waals surface area contributed by atoms with Crippen molar-refractivity contribution in [3.05, 3.63) is 71.9 Å². The number of hydrogen-bond donors (Lipinski definition) is 2. The predicted molar refractivity (Wildman–Crippen MR) is 113 cm³/mol. The highest BCUT2D eigenvalue weighted by Crippen LogP contribution is 2.22. The minimum atomic E-state index is -0.229. The van der Waals surface area contributed by atoms with Gasteiger partial charge in [0.1, 0.15) is 11.5 Å². The highest BCUT2D eigenvalue weighted by molar-refractivity contribution is 5.93. The molecule has 3 aromatic rings. The number of carbonyl (C=O) groups excluding carboxylic acids is 1. The van der Waals surface area contributed by atoms with Gasteiger partial charge in [-0.3, -0.25) is 4.79 Å². The summed E-state index contributed by atoms with van der Waals surface area (Å²) in [6.45, 7) is 3.28. The third kappa shape index (κ3) is 4.78. The molecule has 2 N–H and O–H groups in total. The molecule has 1 saturated heterocycles. The molecule has 1 unspecified atom stereocenters. The molecule has 1 atom stereocenters. The number of benzene rings is 2. The molecule has 0 spiro atoms. The lowest BCUT2D eigenvalue weighted by molar-refractivity contribution is 0.0853. The van der Waals surface area contributed by atoms with Crippen molar-refractivity contribution in [3.8, 4) is 11.4 Å². The minimum Gasteiger partial charge on any atom is -0.376 e. The van der Waals surface area contributed by atoms with Gasteiger partial charge in [-0.1, -0.05) is 48.5 Å². The molecule has 6 nitrogen and oxygen atoms in total. The minimum absolute atomic E-state index is 0.0824. The van der Waals surface area contributed by atoms with E-state index >= 15 is 0 Å². The van der Waals surface area contributed by atoms with E-state index in [-0.39, 0.29) is 12.0 Å². The molecule has 2 heterocycles. The number of hydrogen-bond acceptors (Lipinski definition) is 5. The molecule has 6 heteroatoms. The summed E-state index contributed by atoms with van der Waals surface area (Å²) in [4.78, 5) is 21.9. The van der Waals surface area contributed by atoms with E-state index in [0.717, 1.165) is 36.3 Å². The summed E-state index contributed by atoms with van der Waals surface area (Å²) in [5.41, 5.74) is 3.22. The van der Waals surface area contributed by atoms with Crippen LogP contribution in [0, 0.1) is 6.92 Å². The van der Waals surface area contributed by atoms with Crippen molar-refractivity contribution in [1.29, 1.82) is 0 Å². The van der Waals surface area contributed by atoms with Gasteiger partial charge in [0, 0.05) is 30.5 Å². The Labute approximate surface area is 170 Å². The third-order valence-corrected chi connectivity index (χ3v) is 4.91. The summed E-state index contributed by atoms with van der Waals surface area (Å²) in [5.74, 6) is 0.856. The molecule has 1 amide bonds. The molecule has 1 aliphatic rings. The number of aryl methyl sites for hydroxylation is 1. The molecule has 0 radical (unpaired) electrons. The molecule has 0 aliphatic carbocycles. The molecule has 148 valence electrons. The van der Waals surface area contributed by atoms with Gasteiger partial charge < -0.3 is 15.4 Å². The second kappa shape index (κ2) is 8.84. The Hall–Kier alpha value is -3.25. The molecular formula is C23H24N4O2. The maximum atomic E-state index is 12.8. The number of nitrogens with zero attached hydrogens (tertiary/aromatic N) is 2. The highest BCUT2D eigenvalue weighted by Gasteiger charge is 2.18. The smallest absolute Gasteiger partial charge is 0.270 e. The second-order valence-electron chi connectivity index (χ2n) is 7.11. The molecule has 1 aromatic heterocycles. The lowest BCUT2D eigenvalue weighted by Gasteiger charge is -2.13. The van der Waals surface area contributed by atoms with Crippen molar-refractivity contribution in [2.75, 3.05) is 18.5 Å². The van der Waals surface area contributed by atoms with E-state index in [9.17, 15) is 4.79 Å². The number of nitrogens with one attached hydrogen (secondary N) is 2. The van der Waals surface area contributed by atoms with Gasteiger partial charge in [-0.2, -0.15) is 0 Å².